The standard InChI is InChI=1S/C19H19N3O3/c1-12-7-8-15(13(2)11-12)20-17(23)9-10-22-16-6-4-3-5-14(16)18(24)21-19(22)25/h3-8,11H,9-10H2,1-2H3,(H,20,23)(H,21,24,25). The first-order chi connectivity index (χ1) is 12.0. The number of H-pyrrole nitrogens is 1. The molecule has 0 aliphatic rings. The van der Waals surface area contributed by atoms with Crippen molar-refractivity contribution in [1.29, 1.82) is 0 Å². The molecule has 6 nitrogen and oxygen atoms in total. The van der Waals surface area contributed by atoms with Crippen molar-refractivity contribution in [2.24, 2.45) is 0 Å². The van der Waals surface area contributed by atoms with Crippen LogP contribution >= 0.6 is 0 Å². The van der Waals surface area contributed by atoms with E-state index in [1.54, 1.807) is 24.3 Å². The summed E-state index contributed by atoms with van der Waals surface area (Å²) in [6.45, 7) is 4.11. The van der Waals surface area contributed by atoms with Gasteiger partial charge in [0.25, 0.3) is 5.56 Å². The van der Waals surface area contributed by atoms with Gasteiger partial charge < -0.3 is 5.32 Å². The van der Waals surface area contributed by atoms with E-state index in [2.05, 4.69) is 10.3 Å². The Hall–Kier alpha value is -3.15. The third-order valence-electron chi connectivity index (χ3n) is 4.12. The lowest BCUT2D eigenvalue weighted by Crippen LogP contribution is -2.31. The Morgan fingerprint density at radius 3 is 2.64 bits per heavy atom. The number of fused-ring (bicyclic) bond motifs is 1. The number of rotatable bonds is 4. The van der Waals surface area contributed by atoms with Gasteiger partial charge in [0.05, 0.1) is 10.9 Å². The van der Waals surface area contributed by atoms with Gasteiger partial charge in [-0.2, -0.15) is 0 Å². The van der Waals surface area contributed by atoms with E-state index in [4.69, 9.17) is 0 Å². The highest BCUT2D eigenvalue weighted by Gasteiger charge is 2.10. The minimum atomic E-state index is -0.511. The fourth-order valence-electron chi connectivity index (χ4n) is 2.84. The van der Waals surface area contributed by atoms with Crippen LogP contribution in [0.5, 0.6) is 0 Å². The number of hydrogen-bond donors (Lipinski definition) is 2. The first kappa shape index (κ1) is 16.7. The van der Waals surface area contributed by atoms with E-state index in [0.29, 0.717) is 10.9 Å². The molecular weight excluding hydrogens is 318 g/mol. The lowest BCUT2D eigenvalue weighted by molar-refractivity contribution is -0.116. The molecule has 0 spiro atoms. The van der Waals surface area contributed by atoms with Crippen LogP contribution in [0.2, 0.25) is 0 Å². The number of aromatic amines is 1. The number of amides is 1. The second-order valence-electron chi connectivity index (χ2n) is 6.04. The molecule has 25 heavy (non-hydrogen) atoms. The maximum Gasteiger partial charge on any atom is 0.328 e. The third kappa shape index (κ3) is 3.52. The molecule has 0 aliphatic heterocycles. The molecule has 0 unspecified atom stereocenters. The summed E-state index contributed by atoms with van der Waals surface area (Å²) in [6.07, 6.45) is 0.128. The fourth-order valence-corrected chi connectivity index (χ4v) is 2.84. The van der Waals surface area contributed by atoms with E-state index in [-0.39, 0.29) is 18.9 Å². The largest absolute Gasteiger partial charge is 0.328 e. The van der Waals surface area contributed by atoms with Crippen molar-refractivity contribution < 1.29 is 4.79 Å². The summed E-state index contributed by atoms with van der Waals surface area (Å²) in [5, 5.41) is 3.29. The maximum atomic E-state index is 12.2. The van der Waals surface area contributed by atoms with Gasteiger partial charge in [-0.25, -0.2) is 4.79 Å². The molecule has 0 saturated carbocycles. The van der Waals surface area contributed by atoms with Crippen molar-refractivity contribution in [3.8, 4) is 0 Å². The summed E-state index contributed by atoms with van der Waals surface area (Å²) in [5.74, 6) is -0.186. The molecule has 0 saturated heterocycles. The zero-order chi connectivity index (χ0) is 18.0. The van der Waals surface area contributed by atoms with Crippen molar-refractivity contribution in [1.82, 2.24) is 9.55 Å². The molecule has 0 radical (unpaired) electrons. The van der Waals surface area contributed by atoms with E-state index in [1.165, 1.54) is 4.57 Å². The zero-order valence-corrected chi connectivity index (χ0v) is 14.1. The quantitative estimate of drug-likeness (QED) is 0.766. The molecule has 1 aromatic heterocycles. The van der Waals surface area contributed by atoms with Gasteiger partial charge in [0, 0.05) is 18.7 Å². The van der Waals surface area contributed by atoms with Gasteiger partial charge in [-0.1, -0.05) is 29.8 Å². The second kappa shape index (κ2) is 6.76. The monoisotopic (exact) mass is 337 g/mol. The topological polar surface area (TPSA) is 84.0 Å². The summed E-state index contributed by atoms with van der Waals surface area (Å²) in [4.78, 5) is 38.5. The predicted molar refractivity (Wildman–Crippen MR) is 98.0 cm³/mol. The van der Waals surface area contributed by atoms with Crippen LogP contribution in [-0.4, -0.2) is 15.5 Å². The lowest BCUT2D eigenvalue weighted by Gasteiger charge is -2.11. The number of para-hydroxylation sites is 1. The van der Waals surface area contributed by atoms with Crippen LogP contribution < -0.4 is 16.6 Å². The first-order valence-corrected chi connectivity index (χ1v) is 8.04. The molecule has 3 rings (SSSR count). The van der Waals surface area contributed by atoms with Crippen LogP contribution in [0.4, 0.5) is 5.69 Å². The molecule has 128 valence electrons. The van der Waals surface area contributed by atoms with Crippen molar-refractivity contribution >= 4 is 22.5 Å². The Bertz CT molecular complexity index is 1060. The summed E-state index contributed by atoms with van der Waals surface area (Å²) < 4.78 is 1.41. The van der Waals surface area contributed by atoms with Crippen LogP contribution in [0.15, 0.2) is 52.1 Å². The number of nitrogens with one attached hydrogen (secondary N) is 2. The molecular formula is C19H19N3O3. The Kier molecular flexibility index (Phi) is 4.52. The number of nitrogens with zero attached hydrogens (tertiary/aromatic N) is 1. The molecule has 0 fully saturated rings. The van der Waals surface area contributed by atoms with Gasteiger partial charge in [0.1, 0.15) is 0 Å². The van der Waals surface area contributed by atoms with Crippen LogP contribution in [0.1, 0.15) is 17.5 Å². The highest BCUT2D eigenvalue weighted by atomic mass is 16.2. The molecule has 6 heteroatoms. The van der Waals surface area contributed by atoms with Gasteiger partial charge in [-0.15, -0.1) is 0 Å². The van der Waals surface area contributed by atoms with Gasteiger partial charge in [-0.3, -0.25) is 19.1 Å². The summed E-state index contributed by atoms with van der Waals surface area (Å²) >= 11 is 0. The first-order valence-electron chi connectivity index (χ1n) is 8.04. The third-order valence-corrected chi connectivity index (χ3v) is 4.12. The Labute approximate surface area is 144 Å². The summed E-state index contributed by atoms with van der Waals surface area (Å²) in [7, 11) is 0. The Morgan fingerprint density at radius 2 is 1.88 bits per heavy atom. The van der Waals surface area contributed by atoms with Crippen molar-refractivity contribution in [3.63, 3.8) is 0 Å². The number of benzene rings is 2. The van der Waals surface area contributed by atoms with Crippen LogP contribution in [-0.2, 0) is 11.3 Å². The van der Waals surface area contributed by atoms with Gasteiger partial charge in [0.15, 0.2) is 0 Å². The molecule has 0 aliphatic carbocycles. The smallest absolute Gasteiger partial charge is 0.326 e. The maximum absolute atomic E-state index is 12.2. The fraction of sp³-hybridized carbons (Fsp3) is 0.211. The second-order valence-corrected chi connectivity index (χ2v) is 6.04. The van der Waals surface area contributed by atoms with E-state index in [1.807, 2.05) is 32.0 Å². The number of aryl methyl sites for hydroxylation is 3. The predicted octanol–water partition coefficient (Wildman–Crippen LogP) is 2.34. The van der Waals surface area contributed by atoms with Gasteiger partial charge in [0.2, 0.25) is 5.91 Å². The molecule has 1 heterocycles. The van der Waals surface area contributed by atoms with Crippen LogP contribution in [0, 0.1) is 13.8 Å². The van der Waals surface area contributed by atoms with Crippen molar-refractivity contribution in [2.45, 2.75) is 26.8 Å². The average Bonchev–Trinajstić information content (AvgIpc) is 2.57. The highest BCUT2D eigenvalue weighted by molar-refractivity contribution is 5.91. The number of aromatic nitrogens is 2. The van der Waals surface area contributed by atoms with Crippen LogP contribution in [0.3, 0.4) is 0 Å². The van der Waals surface area contributed by atoms with Crippen molar-refractivity contribution in [2.75, 3.05) is 5.32 Å². The van der Waals surface area contributed by atoms with Crippen LogP contribution in [0.25, 0.3) is 10.9 Å². The lowest BCUT2D eigenvalue weighted by atomic mass is 10.1. The average molecular weight is 337 g/mol. The SMILES string of the molecule is Cc1ccc(NC(=O)CCn2c(=O)[nH]c(=O)c3ccccc32)c(C)c1. The Balaban J connectivity index is 1.80. The number of carbonyl (C=O) groups excluding carboxylic acids is 1. The number of carbonyl (C=O) groups is 1. The number of anilines is 1. The van der Waals surface area contributed by atoms with E-state index < -0.39 is 11.2 Å². The minimum Gasteiger partial charge on any atom is -0.326 e. The summed E-state index contributed by atoms with van der Waals surface area (Å²) in [6, 6.07) is 12.6. The molecule has 0 atom stereocenters. The molecule has 0 bridgehead atoms. The van der Waals surface area contributed by atoms with Crippen molar-refractivity contribution in [3.05, 3.63) is 74.4 Å². The Morgan fingerprint density at radius 1 is 1.12 bits per heavy atom. The van der Waals surface area contributed by atoms with Gasteiger partial charge in [-0.05, 0) is 37.6 Å². The molecule has 3 aromatic rings. The zero-order valence-electron chi connectivity index (χ0n) is 14.1. The molecule has 2 aromatic carbocycles. The van der Waals surface area contributed by atoms with Gasteiger partial charge >= 0.3 is 5.69 Å². The highest BCUT2D eigenvalue weighted by Crippen LogP contribution is 2.16. The number of hydrogen-bond acceptors (Lipinski definition) is 3. The molecule has 1 amide bonds. The summed E-state index contributed by atoms with van der Waals surface area (Å²) in [5.41, 5.74) is 2.46. The van der Waals surface area contributed by atoms with E-state index in [0.717, 1.165) is 16.8 Å². The normalized spacial score (nSPS) is 10.8. The molecule has 2 N–H and O–H groups in total. The minimum absolute atomic E-state index is 0.128. The van der Waals surface area contributed by atoms with E-state index in [9.17, 15) is 14.4 Å². The van der Waals surface area contributed by atoms with E-state index >= 15 is 0 Å².